The second-order valence-corrected chi connectivity index (χ2v) is 15.6. The third-order valence-corrected chi connectivity index (χ3v) is 10.4. The summed E-state index contributed by atoms with van der Waals surface area (Å²) in [5.41, 5.74) is 6.46. The molecule has 10 heteroatoms. The van der Waals surface area contributed by atoms with Crippen molar-refractivity contribution in [2.24, 2.45) is 0 Å². The van der Waals surface area contributed by atoms with E-state index in [0.717, 1.165) is 64.1 Å². The molecule has 5 rings (SSSR count). The van der Waals surface area contributed by atoms with Crippen LogP contribution in [0, 0.1) is 0 Å². The van der Waals surface area contributed by atoms with Gasteiger partial charge in [-0.05, 0) is 70.4 Å². The SMILES string of the molecule is CC1(C)C(/C=C/C2=C(Cl)C(=C/C=C3/N(CS(=O)(=O)O)c4ccccc4C3(C)C)/CCC2)=C(CS(=O)(=O)O)c2ccccc21. The number of anilines is 1. The third kappa shape index (κ3) is 6.19. The highest BCUT2D eigenvalue weighted by atomic mass is 35.5. The molecule has 3 aliphatic rings. The van der Waals surface area contributed by atoms with E-state index in [-0.39, 0.29) is 0 Å². The Morgan fingerprint density at radius 3 is 2.16 bits per heavy atom. The van der Waals surface area contributed by atoms with E-state index in [0.29, 0.717) is 10.6 Å². The van der Waals surface area contributed by atoms with E-state index in [1.165, 1.54) is 0 Å². The largest absolute Gasteiger partial charge is 0.327 e. The molecule has 0 radical (unpaired) electrons. The van der Waals surface area contributed by atoms with Gasteiger partial charge in [0, 0.05) is 27.2 Å². The van der Waals surface area contributed by atoms with Crippen LogP contribution < -0.4 is 4.90 Å². The highest BCUT2D eigenvalue weighted by Gasteiger charge is 2.41. The normalized spacial score (nSPS) is 21.8. The van der Waals surface area contributed by atoms with Crippen molar-refractivity contribution in [1.29, 1.82) is 0 Å². The zero-order chi connectivity index (χ0) is 31.4. The summed E-state index contributed by atoms with van der Waals surface area (Å²) in [6.45, 7) is 8.12. The number of allylic oxidation sites excluding steroid dienone is 9. The molecular formula is C33H36ClNO6S2. The molecule has 1 heterocycles. The molecule has 1 aliphatic heterocycles. The number of nitrogens with zero attached hydrogens (tertiary/aromatic N) is 1. The van der Waals surface area contributed by atoms with Crippen LogP contribution in [0.3, 0.4) is 0 Å². The number of rotatable bonds is 7. The number of hydrogen-bond acceptors (Lipinski definition) is 5. The molecule has 0 fully saturated rings. The maximum absolute atomic E-state index is 12.0. The molecule has 2 aromatic rings. The van der Waals surface area contributed by atoms with Crippen LogP contribution in [0.25, 0.3) is 5.57 Å². The summed E-state index contributed by atoms with van der Waals surface area (Å²) >= 11 is 6.96. The molecule has 2 N–H and O–H groups in total. The van der Waals surface area contributed by atoms with Crippen molar-refractivity contribution in [3.8, 4) is 0 Å². The highest BCUT2D eigenvalue weighted by molar-refractivity contribution is 7.86. The molecule has 2 aliphatic carbocycles. The number of hydrogen-bond donors (Lipinski definition) is 2. The molecule has 0 unspecified atom stereocenters. The molecule has 0 amide bonds. The van der Waals surface area contributed by atoms with Crippen LogP contribution in [-0.2, 0) is 31.1 Å². The number of benzene rings is 2. The fraction of sp³-hybridized carbons (Fsp3) is 0.333. The van der Waals surface area contributed by atoms with Gasteiger partial charge in [0.1, 0.15) is 5.75 Å². The van der Waals surface area contributed by atoms with Crippen molar-refractivity contribution in [2.75, 3.05) is 16.5 Å². The average molecular weight is 642 g/mol. The van der Waals surface area contributed by atoms with Gasteiger partial charge in [0.25, 0.3) is 20.2 Å². The molecule has 228 valence electrons. The van der Waals surface area contributed by atoms with Crippen molar-refractivity contribution in [3.63, 3.8) is 0 Å². The minimum absolute atomic E-state index is 0.475. The first kappa shape index (κ1) is 31.5. The van der Waals surface area contributed by atoms with Crippen LogP contribution in [0.4, 0.5) is 5.69 Å². The summed E-state index contributed by atoms with van der Waals surface area (Å²) in [5.74, 6) is -1.03. The Balaban J connectivity index is 1.54. The maximum atomic E-state index is 12.0. The molecule has 0 bridgehead atoms. The van der Waals surface area contributed by atoms with E-state index in [9.17, 15) is 25.9 Å². The van der Waals surface area contributed by atoms with Gasteiger partial charge in [-0.15, -0.1) is 0 Å². The first-order valence-electron chi connectivity index (χ1n) is 14.1. The van der Waals surface area contributed by atoms with Crippen molar-refractivity contribution in [1.82, 2.24) is 0 Å². The Bertz CT molecular complexity index is 1860. The quantitative estimate of drug-likeness (QED) is 0.305. The van der Waals surface area contributed by atoms with Gasteiger partial charge in [-0.3, -0.25) is 9.11 Å². The second-order valence-electron chi connectivity index (χ2n) is 12.3. The Morgan fingerprint density at radius 2 is 1.49 bits per heavy atom. The van der Waals surface area contributed by atoms with Crippen LogP contribution in [0.2, 0.25) is 0 Å². The van der Waals surface area contributed by atoms with Crippen molar-refractivity contribution < 1.29 is 25.9 Å². The Hall–Kier alpha value is -2.95. The van der Waals surface area contributed by atoms with E-state index < -0.39 is 42.7 Å². The van der Waals surface area contributed by atoms with E-state index in [1.807, 2.05) is 101 Å². The summed E-state index contributed by atoms with van der Waals surface area (Å²) in [7, 11) is -8.55. The Morgan fingerprint density at radius 1 is 0.837 bits per heavy atom. The summed E-state index contributed by atoms with van der Waals surface area (Å²) < 4.78 is 67.2. The average Bonchev–Trinajstić information content (AvgIpc) is 3.24. The van der Waals surface area contributed by atoms with Gasteiger partial charge in [0.2, 0.25) is 0 Å². The molecule has 0 aromatic heterocycles. The van der Waals surface area contributed by atoms with Gasteiger partial charge in [-0.1, -0.05) is 100.0 Å². The standard InChI is InChI=1S/C33H36ClNO6S2/c1-32(2)26-13-6-5-12-24(26)25(20-42(36,37)38)27(32)18-16-22-10-9-11-23(31(22)34)17-19-30-33(3,4)28-14-7-8-15-29(28)35(30)21-43(39,40)41/h5-8,12-19H,9-11,20-21H2,1-4H3,(H,36,37,38)(H,39,40,41)/b18-16+,23-17+,30-19+. The van der Waals surface area contributed by atoms with E-state index >= 15 is 0 Å². The number of fused-ring (bicyclic) bond motifs is 2. The van der Waals surface area contributed by atoms with Gasteiger partial charge in [0.05, 0.1) is 0 Å². The van der Waals surface area contributed by atoms with Gasteiger partial charge in [-0.2, -0.15) is 16.8 Å². The minimum Gasteiger partial charge on any atom is -0.327 e. The van der Waals surface area contributed by atoms with Crippen LogP contribution in [-0.4, -0.2) is 37.6 Å². The molecule has 0 atom stereocenters. The highest BCUT2D eigenvalue weighted by Crippen LogP contribution is 2.49. The van der Waals surface area contributed by atoms with Gasteiger partial charge >= 0.3 is 0 Å². The Kier molecular flexibility index (Phi) is 8.20. The smallest absolute Gasteiger partial charge is 0.283 e. The molecule has 43 heavy (non-hydrogen) atoms. The number of para-hydroxylation sites is 1. The van der Waals surface area contributed by atoms with Crippen molar-refractivity contribution >= 4 is 43.1 Å². The second kappa shape index (κ2) is 11.2. The lowest BCUT2D eigenvalue weighted by Gasteiger charge is -2.26. The van der Waals surface area contributed by atoms with Crippen molar-refractivity contribution in [3.05, 3.63) is 117 Å². The summed E-state index contributed by atoms with van der Waals surface area (Å²) in [4.78, 5) is 1.63. The van der Waals surface area contributed by atoms with E-state index in [2.05, 4.69) is 0 Å². The lowest BCUT2D eigenvalue weighted by atomic mass is 9.80. The van der Waals surface area contributed by atoms with Crippen LogP contribution in [0.5, 0.6) is 0 Å². The van der Waals surface area contributed by atoms with Crippen LogP contribution >= 0.6 is 11.6 Å². The first-order valence-corrected chi connectivity index (χ1v) is 17.7. The van der Waals surface area contributed by atoms with Gasteiger partial charge < -0.3 is 4.90 Å². The zero-order valence-corrected chi connectivity index (χ0v) is 27.0. The lowest BCUT2D eigenvalue weighted by Crippen LogP contribution is -2.30. The summed E-state index contributed by atoms with van der Waals surface area (Å²) in [6.07, 6.45) is 10.00. The molecule has 0 spiro atoms. The third-order valence-electron chi connectivity index (χ3n) is 8.69. The fourth-order valence-corrected chi connectivity index (χ4v) is 8.22. The predicted octanol–water partition coefficient (Wildman–Crippen LogP) is 7.31. The van der Waals surface area contributed by atoms with E-state index in [1.54, 1.807) is 4.90 Å². The molecule has 2 aromatic carbocycles. The maximum Gasteiger partial charge on any atom is 0.283 e. The topological polar surface area (TPSA) is 112 Å². The van der Waals surface area contributed by atoms with Gasteiger partial charge in [0.15, 0.2) is 5.88 Å². The molecular weight excluding hydrogens is 606 g/mol. The lowest BCUT2D eigenvalue weighted by molar-refractivity contribution is 0.481. The van der Waals surface area contributed by atoms with Gasteiger partial charge in [-0.25, -0.2) is 0 Å². The van der Waals surface area contributed by atoms with Crippen LogP contribution in [0.1, 0.15) is 63.6 Å². The fourth-order valence-electron chi connectivity index (χ4n) is 6.62. The first-order chi connectivity index (χ1) is 20.0. The zero-order valence-electron chi connectivity index (χ0n) is 24.6. The monoisotopic (exact) mass is 641 g/mol. The van der Waals surface area contributed by atoms with Crippen molar-refractivity contribution in [2.45, 2.75) is 57.8 Å². The molecule has 7 nitrogen and oxygen atoms in total. The van der Waals surface area contributed by atoms with E-state index in [4.69, 9.17) is 11.6 Å². The molecule has 0 saturated heterocycles. The predicted molar refractivity (Wildman–Crippen MR) is 173 cm³/mol. The van der Waals surface area contributed by atoms with Crippen LogP contribution in [0.15, 0.2) is 100 Å². The number of halogens is 1. The molecule has 0 saturated carbocycles. The Labute approximate surface area is 259 Å². The minimum atomic E-state index is -4.29. The summed E-state index contributed by atoms with van der Waals surface area (Å²) in [5, 5.41) is 0.597. The summed E-state index contributed by atoms with van der Waals surface area (Å²) in [6, 6.07) is 15.2.